The van der Waals surface area contributed by atoms with Crippen LogP contribution in [0, 0.1) is 0 Å². The number of aryl methyl sites for hydroxylation is 1. The second-order valence-electron chi connectivity index (χ2n) is 8.02. The van der Waals surface area contributed by atoms with Crippen LogP contribution in [0.3, 0.4) is 0 Å². The van der Waals surface area contributed by atoms with Gasteiger partial charge in [-0.05, 0) is 42.3 Å². The molecular formula is C26H22N4O4. The van der Waals surface area contributed by atoms with Crippen molar-refractivity contribution in [1.82, 2.24) is 19.2 Å². The van der Waals surface area contributed by atoms with Crippen LogP contribution in [0.4, 0.5) is 0 Å². The molecule has 0 saturated heterocycles. The van der Waals surface area contributed by atoms with Gasteiger partial charge in [0.15, 0.2) is 17.1 Å². The summed E-state index contributed by atoms with van der Waals surface area (Å²) in [4.78, 5) is 18.1. The number of hydrogen-bond acceptors (Lipinski definition) is 6. The van der Waals surface area contributed by atoms with E-state index in [4.69, 9.17) is 19.3 Å². The average Bonchev–Trinajstić information content (AvgIpc) is 3.28. The van der Waals surface area contributed by atoms with E-state index >= 15 is 0 Å². The number of rotatable bonds is 4. The number of ether oxygens (including phenoxy) is 3. The molecule has 0 fully saturated rings. The maximum absolute atomic E-state index is 13.4. The van der Waals surface area contributed by atoms with Crippen molar-refractivity contribution in [3.05, 3.63) is 77.0 Å². The van der Waals surface area contributed by atoms with Crippen LogP contribution in [0.25, 0.3) is 33.4 Å². The summed E-state index contributed by atoms with van der Waals surface area (Å²) in [5, 5.41) is 5.30. The fraction of sp³-hybridized carbons (Fsp3) is 0.192. The molecule has 8 nitrogen and oxygen atoms in total. The molecule has 5 aromatic rings. The van der Waals surface area contributed by atoms with E-state index in [-0.39, 0.29) is 5.56 Å². The molecule has 0 saturated carbocycles. The van der Waals surface area contributed by atoms with Crippen molar-refractivity contribution in [3.8, 4) is 34.1 Å². The molecule has 6 rings (SSSR count). The van der Waals surface area contributed by atoms with Gasteiger partial charge in [0.25, 0.3) is 5.56 Å². The van der Waals surface area contributed by atoms with Crippen molar-refractivity contribution in [1.29, 1.82) is 0 Å². The predicted molar refractivity (Wildman–Crippen MR) is 128 cm³/mol. The first-order valence-electron chi connectivity index (χ1n) is 11.1. The van der Waals surface area contributed by atoms with Crippen molar-refractivity contribution in [2.75, 3.05) is 20.3 Å². The van der Waals surface area contributed by atoms with E-state index in [0.717, 1.165) is 29.0 Å². The van der Waals surface area contributed by atoms with Gasteiger partial charge in [0.05, 0.1) is 29.4 Å². The minimum absolute atomic E-state index is 0.178. The quantitative estimate of drug-likeness (QED) is 0.408. The molecule has 0 aliphatic carbocycles. The largest absolute Gasteiger partial charge is 0.497 e. The fourth-order valence-corrected chi connectivity index (χ4v) is 4.40. The molecule has 0 spiro atoms. The number of nitrogens with zero attached hydrogens (tertiary/aromatic N) is 4. The Morgan fingerprint density at radius 3 is 2.59 bits per heavy atom. The Balaban J connectivity index is 1.52. The number of aromatic nitrogens is 4. The molecule has 170 valence electrons. The van der Waals surface area contributed by atoms with E-state index in [2.05, 4.69) is 11.9 Å². The average molecular weight is 454 g/mol. The van der Waals surface area contributed by atoms with Crippen LogP contribution in [0.1, 0.15) is 12.6 Å². The van der Waals surface area contributed by atoms with Gasteiger partial charge in [-0.3, -0.25) is 9.36 Å². The lowest BCUT2D eigenvalue weighted by atomic mass is 10.0. The van der Waals surface area contributed by atoms with Gasteiger partial charge >= 0.3 is 0 Å². The van der Waals surface area contributed by atoms with Crippen molar-refractivity contribution >= 4 is 16.6 Å². The first kappa shape index (κ1) is 20.3. The van der Waals surface area contributed by atoms with Gasteiger partial charge in [-0.1, -0.05) is 19.1 Å². The highest BCUT2D eigenvalue weighted by Gasteiger charge is 2.19. The van der Waals surface area contributed by atoms with Crippen LogP contribution in [0.5, 0.6) is 17.2 Å². The molecule has 0 N–H and O–H groups in total. The van der Waals surface area contributed by atoms with Crippen LogP contribution < -0.4 is 19.8 Å². The Hall–Kier alpha value is -4.33. The molecule has 1 aliphatic heterocycles. The number of pyridine rings is 1. The van der Waals surface area contributed by atoms with Crippen LogP contribution in [0.15, 0.2) is 65.7 Å². The molecule has 0 atom stereocenters. The second-order valence-corrected chi connectivity index (χ2v) is 8.02. The Labute approximate surface area is 195 Å². The molecule has 0 bridgehead atoms. The zero-order valence-corrected chi connectivity index (χ0v) is 18.8. The summed E-state index contributed by atoms with van der Waals surface area (Å²) < 4.78 is 19.9. The standard InChI is InChI=1S/C26H22N4O4/c1-3-20-24(16-4-7-18(32-2)8-5-16)25-27-15-19-21(30(25)28-20)10-11-29(26(19)31)17-6-9-22-23(14-17)34-13-12-33-22/h4-11,14-15H,3,12-13H2,1-2H3. The van der Waals surface area contributed by atoms with Crippen molar-refractivity contribution in [2.45, 2.75) is 13.3 Å². The molecule has 4 heterocycles. The van der Waals surface area contributed by atoms with Gasteiger partial charge in [0.2, 0.25) is 0 Å². The van der Waals surface area contributed by atoms with Crippen molar-refractivity contribution in [3.63, 3.8) is 0 Å². The summed E-state index contributed by atoms with van der Waals surface area (Å²) in [5.74, 6) is 2.10. The third-order valence-electron chi connectivity index (χ3n) is 6.10. The first-order valence-corrected chi connectivity index (χ1v) is 11.1. The van der Waals surface area contributed by atoms with E-state index in [9.17, 15) is 4.79 Å². The molecule has 8 heteroatoms. The van der Waals surface area contributed by atoms with Gasteiger partial charge in [0, 0.05) is 24.0 Å². The molecule has 0 amide bonds. The van der Waals surface area contributed by atoms with E-state index < -0.39 is 0 Å². The normalized spacial score (nSPS) is 12.9. The lowest BCUT2D eigenvalue weighted by Gasteiger charge is -2.19. The van der Waals surface area contributed by atoms with E-state index in [0.29, 0.717) is 47.0 Å². The molecule has 0 radical (unpaired) electrons. The highest BCUT2D eigenvalue weighted by atomic mass is 16.6. The lowest BCUT2D eigenvalue weighted by Crippen LogP contribution is -2.20. The van der Waals surface area contributed by atoms with Crippen LogP contribution >= 0.6 is 0 Å². The maximum Gasteiger partial charge on any atom is 0.266 e. The van der Waals surface area contributed by atoms with Gasteiger partial charge < -0.3 is 14.2 Å². The van der Waals surface area contributed by atoms with Crippen molar-refractivity contribution in [2.24, 2.45) is 0 Å². The van der Waals surface area contributed by atoms with Gasteiger partial charge in [0.1, 0.15) is 19.0 Å². The Bertz CT molecular complexity index is 1600. The Morgan fingerprint density at radius 1 is 1.03 bits per heavy atom. The smallest absolute Gasteiger partial charge is 0.266 e. The van der Waals surface area contributed by atoms with Gasteiger partial charge in [-0.2, -0.15) is 5.10 Å². The Morgan fingerprint density at radius 2 is 1.82 bits per heavy atom. The lowest BCUT2D eigenvalue weighted by molar-refractivity contribution is 0.171. The van der Waals surface area contributed by atoms with E-state index in [1.807, 2.05) is 48.5 Å². The minimum Gasteiger partial charge on any atom is -0.497 e. The summed E-state index contributed by atoms with van der Waals surface area (Å²) in [6.07, 6.45) is 4.13. The number of benzene rings is 2. The Kier molecular flexibility index (Phi) is 4.72. The fourth-order valence-electron chi connectivity index (χ4n) is 4.40. The van der Waals surface area contributed by atoms with Crippen molar-refractivity contribution < 1.29 is 14.2 Å². The number of methoxy groups -OCH3 is 1. The second kappa shape index (κ2) is 7.91. The number of hydrogen-bond donors (Lipinski definition) is 0. The van der Waals surface area contributed by atoms with Gasteiger partial charge in [-0.25, -0.2) is 9.50 Å². The molecule has 2 aromatic carbocycles. The summed E-state index contributed by atoms with van der Waals surface area (Å²) in [6, 6.07) is 15.2. The summed E-state index contributed by atoms with van der Waals surface area (Å²) in [7, 11) is 1.65. The highest BCUT2D eigenvalue weighted by molar-refractivity contribution is 5.87. The zero-order valence-electron chi connectivity index (χ0n) is 18.8. The summed E-state index contributed by atoms with van der Waals surface area (Å²) >= 11 is 0. The molecule has 1 aliphatic rings. The van der Waals surface area contributed by atoms with Crippen LogP contribution in [-0.2, 0) is 6.42 Å². The number of fused-ring (bicyclic) bond motifs is 4. The van der Waals surface area contributed by atoms with Crippen LogP contribution in [0.2, 0.25) is 0 Å². The topological polar surface area (TPSA) is 79.9 Å². The molecule has 0 unspecified atom stereocenters. The zero-order chi connectivity index (χ0) is 23.2. The molecule has 34 heavy (non-hydrogen) atoms. The summed E-state index contributed by atoms with van der Waals surface area (Å²) in [5.41, 5.74) is 4.82. The van der Waals surface area contributed by atoms with E-state index in [1.54, 1.807) is 28.6 Å². The SMILES string of the molecule is CCc1nn2c(ncc3c(=O)n(-c4ccc5c(c4)OCCO5)ccc32)c1-c1ccc(OC)cc1. The highest BCUT2D eigenvalue weighted by Crippen LogP contribution is 2.33. The van der Waals surface area contributed by atoms with Crippen LogP contribution in [-0.4, -0.2) is 39.5 Å². The summed E-state index contributed by atoms with van der Waals surface area (Å²) in [6.45, 7) is 3.07. The van der Waals surface area contributed by atoms with E-state index in [1.165, 1.54) is 0 Å². The minimum atomic E-state index is -0.178. The van der Waals surface area contributed by atoms with Gasteiger partial charge in [-0.15, -0.1) is 0 Å². The maximum atomic E-state index is 13.4. The first-order chi connectivity index (χ1) is 16.7. The predicted octanol–water partition coefficient (Wildman–Crippen LogP) is 4.04. The molecular weight excluding hydrogens is 432 g/mol. The third-order valence-corrected chi connectivity index (χ3v) is 6.10. The third kappa shape index (κ3) is 3.10. The molecule has 3 aromatic heterocycles. The monoisotopic (exact) mass is 454 g/mol.